The molecule has 2 heterocycles. The van der Waals surface area contributed by atoms with Crippen LogP contribution in [0.2, 0.25) is 0 Å². The molecule has 7 N–H and O–H groups in total. The number of alkyl halides is 1. The third kappa shape index (κ3) is 6.66. The van der Waals surface area contributed by atoms with Gasteiger partial charge in [0.15, 0.2) is 11.8 Å². The van der Waals surface area contributed by atoms with E-state index in [2.05, 4.69) is 18.1 Å². The van der Waals surface area contributed by atoms with E-state index in [0.29, 0.717) is 4.57 Å². The summed E-state index contributed by atoms with van der Waals surface area (Å²) in [5.41, 5.74) is -3.68. The highest BCUT2D eigenvalue weighted by atomic mass is 32.1. The number of hydrogen-bond donors (Lipinski definition) is 7. The lowest BCUT2D eigenvalue weighted by Crippen LogP contribution is -2.50. The standard InChI is InChI=1S/C10H16FN2O14P3S/c11-4-10(16)7(14)5(25-8(10)13-2-1-6(31)12-9(13)15)3-24-29(20,21)27-30(22,23)26-28(17,18)19/h1-2,5,7-8,14,16H,3-4H2,(H,20,21)(H,22,23)(H,12,15,31)(H2,17,18,19)/t5-,7?,8-,10-/m1/s1. The molecule has 6 atom stereocenters. The summed E-state index contributed by atoms with van der Waals surface area (Å²) in [5.74, 6) is 0. The van der Waals surface area contributed by atoms with Crippen molar-refractivity contribution in [2.45, 2.75) is 24.0 Å². The number of phosphoric ester groups is 1. The third-order valence-corrected chi connectivity index (χ3v) is 7.77. The molecule has 1 aliphatic rings. The van der Waals surface area contributed by atoms with Gasteiger partial charge in [-0.1, -0.05) is 12.2 Å². The van der Waals surface area contributed by atoms with Gasteiger partial charge in [0.05, 0.1) is 6.61 Å². The van der Waals surface area contributed by atoms with Gasteiger partial charge in [-0.05, 0) is 6.07 Å². The average molecular weight is 532 g/mol. The number of aliphatic hydroxyl groups excluding tert-OH is 1. The van der Waals surface area contributed by atoms with Crippen LogP contribution in [0, 0.1) is 4.64 Å². The maximum Gasteiger partial charge on any atom is 0.490 e. The fourth-order valence-corrected chi connectivity index (χ4v) is 5.67. The molecule has 1 aromatic heterocycles. The van der Waals surface area contributed by atoms with Gasteiger partial charge in [-0.2, -0.15) is 8.62 Å². The quantitative estimate of drug-likeness (QED) is 0.152. The summed E-state index contributed by atoms with van der Waals surface area (Å²) in [4.78, 5) is 49.6. The number of rotatable bonds is 9. The van der Waals surface area contributed by atoms with Crippen LogP contribution in [0.25, 0.3) is 0 Å². The van der Waals surface area contributed by atoms with Crippen molar-refractivity contribution in [3.8, 4) is 0 Å². The van der Waals surface area contributed by atoms with Gasteiger partial charge in [-0.15, -0.1) is 0 Å². The first kappa shape index (κ1) is 26.6. The van der Waals surface area contributed by atoms with Crippen LogP contribution in [0.3, 0.4) is 0 Å². The Morgan fingerprint density at radius 1 is 1.23 bits per heavy atom. The number of aliphatic hydroxyl groups is 2. The fraction of sp³-hybridized carbons (Fsp3) is 0.600. The predicted octanol–water partition coefficient (Wildman–Crippen LogP) is -0.792. The van der Waals surface area contributed by atoms with E-state index < -0.39 is 66.5 Å². The van der Waals surface area contributed by atoms with Crippen LogP contribution < -0.4 is 5.69 Å². The van der Waals surface area contributed by atoms with Gasteiger partial charge in [0.25, 0.3) is 0 Å². The molecule has 178 valence electrons. The first-order valence-corrected chi connectivity index (χ1v) is 12.6. The minimum atomic E-state index is -5.79. The number of aromatic amines is 1. The number of ether oxygens (including phenoxy) is 1. The third-order valence-electron chi connectivity index (χ3n) is 3.73. The van der Waals surface area contributed by atoms with Crippen molar-refractivity contribution in [2.24, 2.45) is 0 Å². The Hall–Kier alpha value is -0.680. The van der Waals surface area contributed by atoms with Crippen molar-refractivity contribution < 1.29 is 65.8 Å². The molecule has 0 amide bonds. The van der Waals surface area contributed by atoms with E-state index in [4.69, 9.17) is 31.6 Å². The van der Waals surface area contributed by atoms with Gasteiger partial charge in [-0.3, -0.25) is 14.1 Å². The van der Waals surface area contributed by atoms with E-state index in [-0.39, 0.29) is 4.64 Å². The molecule has 31 heavy (non-hydrogen) atoms. The van der Waals surface area contributed by atoms with E-state index in [1.165, 1.54) is 6.07 Å². The van der Waals surface area contributed by atoms with Crippen LogP contribution in [0.5, 0.6) is 0 Å². The van der Waals surface area contributed by atoms with E-state index in [1.807, 2.05) is 0 Å². The van der Waals surface area contributed by atoms with Crippen molar-refractivity contribution in [1.29, 1.82) is 0 Å². The van der Waals surface area contributed by atoms with Gasteiger partial charge in [0.2, 0.25) is 0 Å². The zero-order valence-corrected chi connectivity index (χ0v) is 18.3. The number of hydrogen-bond acceptors (Lipinski definition) is 11. The first-order valence-electron chi connectivity index (χ1n) is 7.71. The first-order chi connectivity index (χ1) is 14.0. The number of phosphoric acid groups is 3. The van der Waals surface area contributed by atoms with Gasteiger partial charge in [-0.25, -0.2) is 22.9 Å². The molecule has 0 saturated carbocycles. The van der Waals surface area contributed by atoms with Crippen molar-refractivity contribution in [2.75, 3.05) is 13.3 Å². The summed E-state index contributed by atoms with van der Waals surface area (Å²) in [6.45, 7) is -2.83. The monoisotopic (exact) mass is 532 g/mol. The van der Waals surface area contributed by atoms with Gasteiger partial charge < -0.3 is 34.5 Å². The number of H-pyrrole nitrogens is 1. The van der Waals surface area contributed by atoms with Crippen LogP contribution in [0.4, 0.5) is 4.39 Å². The Morgan fingerprint density at radius 3 is 2.35 bits per heavy atom. The smallest absolute Gasteiger partial charge is 0.387 e. The van der Waals surface area contributed by atoms with Crippen molar-refractivity contribution in [3.63, 3.8) is 0 Å². The highest BCUT2D eigenvalue weighted by Gasteiger charge is 2.57. The topological polar surface area (TPSA) is 247 Å². The molecular formula is C10H16FN2O14P3S. The Labute approximate surface area is 176 Å². The highest BCUT2D eigenvalue weighted by molar-refractivity contribution is 7.71. The van der Waals surface area contributed by atoms with E-state index in [0.717, 1.165) is 6.20 Å². The Morgan fingerprint density at radius 2 is 1.84 bits per heavy atom. The molecule has 0 aliphatic carbocycles. The molecule has 21 heteroatoms. The lowest BCUT2D eigenvalue weighted by atomic mass is 9.95. The zero-order chi connectivity index (χ0) is 23.8. The minimum absolute atomic E-state index is 0.00667. The van der Waals surface area contributed by atoms with Crippen LogP contribution in [0.15, 0.2) is 17.1 Å². The van der Waals surface area contributed by atoms with E-state index >= 15 is 0 Å². The molecule has 1 aromatic rings. The molecule has 1 fully saturated rings. The molecule has 0 spiro atoms. The van der Waals surface area contributed by atoms with Crippen LogP contribution in [-0.2, 0) is 31.6 Å². The Kier molecular flexibility index (Phi) is 7.96. The number of aromatic nitrogens is 2. The second-order valence-electron chi connectivity index (χ2n) is 6.00. The molecule has 0 bridgehead atoms. The van der Waals surface area contributed by atoms with E-state index in [1.54, 1.807) is 0 Å². The van der Waals surface area contributed by atoms with E-state index in [9.17, 15) is 38.0 Å². The maximum absolute atomic E-state index is 13.5. The number of halogens is 1. The molecular weight excluding hydrogens is 516 g/mol. The minimum Gasteiger partial charge on any atom is -0.387 e. The molecule has 16 nitrogen and oxygen atoms in total. The fourth-order valence-electron chi connectivity index (χ4n) is 2.49. The van der Waals surface area contributed by atoms with Crippen molar-refractivity contribution >= 4 is 35.7 Å². The zero-order valence-electron chi connectivity index (χ0n) is 14.8. The van der Waals surface area contributed by atoms with Crippen LogP contribution in [0.1, 0.15) is 6.23 Å². The Balaban J connectivity index is 2.18. The summed E-state index contributed by atoms with van der Waals surface area (Å²) < 4.78 is 64.3. The summed E-state index contributed by atoms with van der Waals surface area (Å²) in [7, 11) is -17.0. The second kappa shape index (κ2) is 9.29. The molecule has 1 aliphatic heterocycles. The van der Waals surface area contributed by atoms with Gasteiger partial charge >= 0.3 is 29.2 Å². The summed E-state index contributed by atoms with van der Waals surface area (Å²) in [5, 5.41) is 20.6. The van der Waals surface area contributed by atoms with Gasteiger partial charge in [0.1, 0.15) is 23.5 Å². The normalized spacial score (nSPS) is 30.6. The van der Waals surface area contributed by atoms with Crippen molar-refractivity contribution in [1.82, 2.24) is 9.55 Å². The molecule has 0 aromatic carbocycles. The van der Waals surface area contributed by atoms with Crippen LogP contribution >= 0.6 is 35.7 Å². The molecule has 3 unspecified atom stereocenters. The highest BCUT2D eigenvalue weighted by Crippen LogP contribution is 2.66. The molecule has 2 rings (SSSR count). The predicted molar refractivity (Wildman–Crippen MR) is 96.5 cm³/mol. The maximum atomic E-state index is 13.5. The molecule has 0 radical (unpaired) electrons. The Bertz CT molecular complexity index is 1070. The SMILES string of the molecule is O=c1[nH]c(=S)ccn1[C@@H]1O[C@H](COP(=O)(O)OP(=O)(O)OP(=O)(O)O)C(O)[C@]1(O)CF. The van der Waals surface area contributed by atoms with Crippen molar-refractivity contribution in [3.05, 3.63) is 27.4 Å². The van der Waals surface area contributed by atoms with Gasteiger partial charge in [0, 0.05) is 6.20 Å². The van der Waals surface area contributed by atoms with Crippen LogP contribution in [-0.4, -0.2) is 70.4 Å². The lowest BCUT2D eigenvalue weighted by Gasteiger charge is -2.28. The average Bonchev–Trinajstić information content (AvgIpc) is 2.82. The summed E-state index contributed by atoms with van der Waals surface area (Å²) in [6, 6.07) is 1.19. The number of nitrogens with zero attached hydrogens (tertiary/aromatic N) is 1. The number of nitrogens with one attached hydrogen (secondary N) is 1. The lowest BCUT2D eigenvalue weighted by molar-refractivity contribution is -0.121. The summed E-state index contributed by atoms with van der Waals surface area (Å²) in [6.07, 6.45) is -4.78. The summed E-state index contributed by atoms with van der Waals surface area (Å²) >= 11 is 4.73. The molecule has 1 saturated heterocycles. The largest absolute Gasteiger partial charge is 0.490 e. The second-order valence-corrected chi connectivity index (χ2v) is 10.9.